The molecule has 0 saturated heterocycles. The summed E-state index contributed by atoms with van der Waals surface area (Å²) in [7, 11) is -2.88. The van der Waals surface area contributed by atoms with Crippen molar-refractivity contribution >= 4 is 15.7 Å². The number of carbonyl (C=O) groups excluding carboxylic acids is 1. The van der Waals surface area contributed by atoms with Gasteiger partial charge < -0.3 is 10.6 Å². The Morgan fingerprint density at radius 1 is 1.33 bits per heavy atom. The molecule has 0 aromatic rings. The Morgan fingerprint density at radius 3 is 2.40 bits per heavy atom. The van der Waals surface area contributed by atoms with Crippen LogP contribution in [0, 0.1) is 0 Å². The summed E-state index contributed by atoms with van der Waals surface area (Å²) in [5, 5.41) is 5.62. The summed E-state index contributed by atoms with van der Waals surface area (Å²) in [5.74, 6) is 0.0931. The molecule has 0 aromatic carbocycles. The van der Waals surface area contributed by atoms with Gasteiger partial charge in [-0.15, -0.1) is 0 Å². The lowest BCUT2D eigenvalue weighted by Crippen LogP contribution is -2.38. The minimum Gasteiger partial charge on any atom is -0.353 e. The Hall–Kier alpha value is -0.620. The summed E-state index contributed by atoms with van der Waals surface area (Å²) in [4.78, 5) is 11.1. The van der Waals surface area contributed by atoms with Crippen molar-refractivity contribution < 1.29 is 13.2 Å². The van der Waals surface area contributed by atoms with E-state index in [1.165, 1.54) is 6.26 Å². The van der Waals surface area contributed by atoms with Crippen LogP contribution in [-0.4, -0.2) is 45.5 Å². The van der Waals surface area contributed by atoms with Gasteiger partial charge in [-0.05, 0) is 26.8 Å². The summed E-state index contributed by atoms with van der Waals surface area (Å²) in [6, 6.07) is 0.135. The molecule has 0 heterocycles. The summed E-state index contributed by atoms with van der Waals surface area (Å²) >= 11 is 0. The number of rotatable bonds is 7. The number of carbonyl (C=O) groups is 1. The van der Waals surface area contributed by atoms with Gasteiger partial charge in [-0.25, -0.2) is 8.42 Å². The van der Waals surface area contributed by atoms with E-state index in [4.69, 9.17) is 0 Å². The normalized spacial score (nSPS) is 11.7. The molecule has 0 rings (SSSR count). The van der Waals surface area contributed by atoms with E-state index in [2.05, 4.69) is 10.6 Å². The third-order valence-electron chi connectivity index (χ3n) is 1.60. The fraction of sp³-hybridized carbons (Fsp3) is 0.889. The van der Waals surface area contributed by atoms with Crippen LogP contribution in [0.5, 0.6) is 0 Å². The molecule has 6 heteroatoms. The predicted molar refractivity (Wildman–Crippen MR) is 60.5 cm³/mol. The van der Waals surface area contributed by atoms with Gasteiger partial charge in [-0.3, -0.25) is 4.79 Å². The second-order valence-corrected chi connectivity index (χ2v) is 6.14. The molecule has 0 saturated carbocycles. The van der Waals surface area contributed by atoms with Gasteiger partial charge in [-0.1, -0.05) is 0 Å². The topological polar surface area (TPSA) is 75.3 Å². The Bertz CT molecular complexity index is 286. The van der Waals surface area contributed by atoms with Crippen LogP contribution in [-0.2, 0) is 14.6 Å². The highest BCUT2D eigenvalue weighted by atomic mass is 32.2. The molecule has 0 spiro atoms. The summed E-state index contributed by atoms with van der Waals surface area (Å²) in [6.07, 6.45) is 1.74. The van der Waals surface area contributed by atoms with Gasteiger partial charge in [0.1, 0.15) is 9.84 Å². The zero-order valence-electron chi connectivity index (χ0n) is 9.54. The Labute approximate surface area is 91.5 Å². The molecule has 90 valence electrons. The molecule has 0 aliphatic carbocycles. The van der Waals surface area contributed by atoms with Crippen LogP contribution in [0.15, 0.2) is 0 Å². The quantitative estimate of drug-likeness (QED) is 0.586. The number of hydrogen-bond donors (Lipinski definition) is 2. The van der Waals surface area contributed by atoms with Crippen molar-refractivity contribution in [2.75, 3.05) is 25.1 Å². The molecule has 0 atom stereocenters. The highest BCUT2D eigenvalue weighted by Crippen LogP contribution is 1.86. The molecule has 0 unspecified atom stereocenters. The van der Waals surface area contributed by atoms with E-state index in [-0.39, 0.29) is 24.2 Å². The first-order valence-corrected chi connectivity index (χ1v) is 7.05. The molecule has 0 bridgehead atoms. The number of hydrogen-bond acceptors (Lipinski definition) is 4. The van der Waals surface area contributed by atoms with E-state index < -0.39 is 9.84 Å². The number of sulfone groups is 1. The van der Waals surface area contributed by atoms with E-state index in [9.17, 15) is 13.2 Å². The van der Waals surface area contributed by atoms with Crippen molar-refractivity contribution in [3.05, 3.63) is 0 Å². The van der Waals surface area contributed by atoms with Crippen LogP contribution in [0.1, 0.15) is 20.3 Å². The fourth-order valence-electron chi connectivity index (χ4n) is 1.03. The van der Waals surface area contributed by atoms with Crippen LogP contribution >= 0.6 is 0 Å². The van der Waals surface area contributed by atoms with Crippen LogP contribution in [0.4, 0.5) is 0 Å². The lowest BCUT2D eigenvalue weighted by molar-refractivity contribution is -0.120. The molecule has 15 heavy (non-hydrogen) atoms. The summed E-state index contributed by atoms with van der Waals surface area (Å²) in [6.45, 7) is 4.56. The highest BCUT2D eigenvalue weighted by Gasteiger charge is 2.03. The monoisotopic (exact) mass is 236 g/mol. The Balaban J connectivity index is 3.43. The third kappa shape index (κ3) is 11.3. The van der Waals surface area contributed by atoms with E-state index in [0.29, 0.717) is 13.0 Å². The van der Waals surface area contributed by atoms with Crippen molar-refractivity contribution in [2.24, 2.45) is 0 Å². The molecule has 0 fully saturated rings. The minimum atomic E-state index is -2.88. The molecule has 0 aliphatic rings. The van der Waals surface area contributed by atoms with E-state index >= 15 is 0 Å². The maximum Gasteiger partial charge on any atom is 0.234 e. The van der Waals surface area contributed by atoms with Gasteiger partial charge in [0.25, 0.3) is 0 Å². The average molecular weight is 236 g/mol. The third-order valence-corrected chi connectivity index (χ3v) is 2.63. The molecule has 0 aromatic heterocycles. The molecular formula is C9H20N2O3S. The Kier molecular flexibility index (Phi) is 6.51. The zero-order chi connectivity index (χ0) is 11.9. The maximum atomic E-state index is 11.1. The molecule has 1 amide bonds. The maximum absolute atomic E-state index is 11.1. The largest absolute Gasteiger partial charge is 0.353 e. The first-order valence-electron chi connectivity index (χ1n) is 4.99. The molecule has 0 aliphatic heterocycles. The van der Waals surface area contributed by atoms with Gasteiger partial charge in [0.05, 0.1) is 12.3 Å². The summed E-state index contributed by atoms with van der Waals surface area (Å²) in [5.41, 5.74) is 0. The van der Waals surface area contributed by atoms with Crippen molar-refractivity contribution in [3.8, 4) is 0 Å². The standard InChI is InChI=1S/C9H20N2O3S/c1-8(2)11-9(12)7-10-5-4-6-15(3,13)14/h8,10H,4-7H2,1-3H3,(H,11,12). The van der Waals surface area contributed by atoms with Crippen molar-refractivity contribution in [3.63, 3.8) is 0 Å². The molecule has 0 radical (unpaired) electrons. The van der Waals surface area contributed by atoms with Crippen molar-refractivity contribution in [2.45, 2.75) is 26.3 Å². The van der Waals surface area contributed by atoms with E-state index in [0.717, 1.165) is 0 Å². The van der Waals surface area contributed by atoms with E-state index in [1.807, 2.05) is 13.8 Å². The van der Waals surface area contributed by atoms with Crippen molar-refractivity contribution in [1.82, 2.24) is 10.6 Å². The SMILES string of the molecule is CC(C)NC(=O)CNCCCS(C)(=O)=O. The van der Waals surface area contributed by atoms with Gasteiger partial charge >= 0.3 is 0 Å². The molecular weight excluding hydrogens is 216 g/mol. The Morgan fingerprint density at radius 2 is 1.93 bits per heavy atom. The van der Waals surface area contributed by atoms with Gasteiger partial charge in [0.2, 0.25) is 5.91 Å². The smallest absolute Gasteiger partial charge is 0.234 e. The first-order chi connectivity index (χ1) is 6.81. The van der Waals surface area contributed by atoms with Crippen LogP contribution in [0.25, 0.3) is 0 Å². The summed E-state index contributed by atoms with van der Waals surface area (Å²) < 4.78 is 21.5. The number of amides is 1. The predicted octanol–water partition coefficient (Wildman–Crippen LogP) is -0.465. The zero-order valence-corrected chi connectivity index (χ0v) is 10.4. The number of nitrogens with one attached hydrogen (secondary N) is 2. The van der Waals surface area contributed by atoms with Crippen LogP contribution < -0.4 is 10.6 Å². The second kappa shape index (κ2) is 6.79. The van der Waals surface area contributed by atoms with Crippen LogP contribution in [0.2, 0.25) is 0 Å². The lowest BCUT2D eigenvalue weighted by Gasteiger charge is -2.08. The van der Waals surface area contributed by atoms with E-state index in [1.54, 1.807) is 0 Å². The lowest BCUT2D eigenvalue weighted by atomic mass is 10.4. The first kappa shape index (κ1) is 14.4. The molecule has 2 N–H and O–H groups in total. The van der Waals surface area contributed by atoms with Gasteiger partial charge in [-0.2, -0.15) is 0 Å². The van der Waals surface area contributed by atoms with Crippen LogP contribution in [0.3, 0.4) is 0 Å². The minimum absolute atomic E-state index is 0.0654. The highest BCUT2D eigenvalue weighted by molar-refractivity contribution is 7.90. The van der Waals surface area contributed by atoms with Gasteiger partial charge in [0.15, 0.2) is 0 Å². The van der Waals surface area contributed by atoms with Gasteiger partial charge in [0, 0.05) is 12.3 Å². The molecule has 5 nitrogen and oxygen atoms in total. The second-order valence-electron chi connectivity index (χ2n) is 3.88. The fourth-order valence-corrected chi connectivity index (χ4v) is 1.70. The van der Waals surface area contributed by atoms with Crippen molar-refractivity contribution in [1.29, 1.82) is 0 Å². The average Bonchev–Trinajstić information content (AvgIpc) is 1.99.